The van der Waals surface area contributed by atoms with Crippen LogP contribution in [0, 0.1) is 11.8 Å². The van der Waals surface area contributed by atoms with Crippen molar-refractivity contribution in [1.82, 2.24) is 20.1 Å². The van der Waals surface area contributed by atoms with Crippen LogP contribution >= 0.6 is 18.9 Å². The Labute approximate surface area is 272 Å². The van der Waals surface area contributed by atoms with Crippen LogP contribution in [0.3, 0.4) is 0 Å². The van der Waals surface area contributed by atoms with Gasteiger partial charge >= 0.3 is 7.60 Å². The average molecular weight is 666 g/mol. The molecule has 1 aliphatic carbocycles. The SMILES string of the molecule is CN(C)c1ccncc1C1CN(C(=O)[C@@H]2CC[C@]3(C)C[C@@H]4C[C@@H]4C[C@H](NC(=O)c4cc5cc(CP(=O)(O)O)ccc5s4)C(=O)N23)C1. The molecule has 3 aromatic rings. The minimum absolute atomic E-state index is 0.0165. The number of hydrogen-bond donors (Lipinski definition) is 3. The molecule has 2 aromatic heterocycles. The van der Waals surface area contributed by atoms with Crippen LogP contribution in [0.2, 0.25) is 0 Å². The number of rotatable bonds is 7. The van der Waals surface area contributed by atoms with E-state index in [9.17, 15) is 28.7 Å². The van der Waals surface area contributed by atoms with Gasteiger partial charge in [0.2, 0.25) is 11.8 Å². The number of anilines is 1. The zero-order valence-electron chi connectivity index (χ0n) is 26.3. The Hall–Kier alpha value is -3.31. The highest BCUT2D eigenvalue weighted by Crippen LogP contribution is 2.53. The third-order valence-electron chi connectivity index (χ3n) is 10.4. The summed E-state index contributed by atoms with van der Waals surface area (Å²) >= 11 is 1.28. The van der Waals surface area contributed by atoms with Crippen molar-refractivity contribution >= 4 is 52.4 Å². The predicted octanol–water partition coefficient (Wildman–Crippen LogP) is 3.94. The molecule has 1 aromatic carbocycles. The summed E-state index contributed by atoms with van der Waals surface area (Å²) in [6, 6.07) is 7.54. The molecule has 11 nitrogen and oxygen atoms in total. The highest BCUT2D eigenvalue weighted by atomic mass is 32.1. The maximum absolute atomic E-state index is 14.4. The molecule has 46 heavy (non-hydrogen) atoms. The summed E-state index contributed by atoms with van der Waals surface area (Å²) in [6.45, 7) is 3.29. The van der Waals surface area contributed by atoms with Crippen molar-refractivity contribution in [2.45, 2.75) is 68.7 Å². The predicted molar refractivity (Wildman–Crippen MR) is 176 cm³/mol. The van der Waals surface area contributed by atoms with Gasteiger partial charge in [-0.05, 0) is 86.1 Å². The van der Waals surface area contributed by atoms with Gasteiger partial charge in [-0.3, -0.25) is 23.9 Å². The van der Waals surface area contributed by atoms with Crippen molar-refractivity contribution in [3.63, 3.8) is 0 Å². The molecule has 0 unspecified atom stereocenters. The highest BCUT2D eigenvalue weighted by molar-refractivity contribution is 7.50. The fourth-order valence-corrected chi connectivity index (χ4v) is 9.61. The van der Waals surface area contributed by atoms with Crippen LogP contribution in [-0.4, -0.2) is 87.1 Å². The first-order chi connectivity index (χ1) is 21.8. The standard InChI is InChI=1S/C33H40N5O6PS/c1-33-8-6-27(32(41)37-16-23(17-37)24-15-34-9-7-26(24)36(2)3)38(33)31(40)25(12-20-11-22(20)14-33)35-30(39)29-13-21-10-19(18-45(42,43)44)4-5-28(21)46-29/h4-5,7,9-10,13,15,20,22-23,25,27H,6,8,11-12,14,16-18H2,1-3H3,(H,35,39)(H2,42,43,44)/t20-,22+,25+,27+,33-/m1/s1. The number of pyridine rings is 1. The lowest BCUT2D eigenvalue weighted by Crippen LogP contribution is -2.62. The van der Waals surface area contributed by atoms with Crippen molar-refractivity contribution in [2.75, 3.05) is 32.1 Å². The lowest BCUT2D eigenvalue weighted by molar-refractivity contribution is -0.152. The van der Waals surface area contributed by atoms with Crippen molar-refractivity contribution < 1.29 is 28.7 Å². The van der Waals surface area contributed by atoms with E-state index in [-0.39, 0.29) is 29.8 Å². The van der Waals surface area contributed by atoms with Gasteiger partial charge in [-0.1, -0.05) is 6.07 Å². The van der Waals surface area contributed by atoms with Gasteiger partial charge in [-0.15, -0.1) is 11.3 Å². The smallest absolute Gasteiger partial charge is 0.329 e. The minimum Gasteiger partial charge on any atom is -0.377 e. The number of nitrogens with zero attached hydrogens (tertiary/aromatic N) is 4. The molecule has 3 aliphatic heterocycles. The molecule has 244 valence electrons. The summed E-state index contributed by atoms with van der Waals surface area (Å²) in [4.78, 5) is 71.2. The van der Waals surface area contributed by atoms with E-state index in [1.54, 1.807) is 30.5 Å². The molecule has 7 rings (SSSR count). The first kappa shape index (κ1) is 31.3. The van der Waals surface area contributed by atoms with Crippen molar-refractivity contribution in [3.8, 4) is 0 Å². The highest BCUT2D eigenvalue weighted by Gasteiger charge is 2.57. The molecule has 3 saturated heterocycles. The van der Waals surface area contributed by atoms with Crippen LogP contribution in [0.25, 0.3) is 10.1 Å². The number of likely N-dealkylation sites (tertiary alicyclic amines) is 1. The van der Waals surface area contributed by atoms with Crippen LogP contribution in [-0.2, 0) is 20.3 Å². The van der Waals surface area contributed by atoms with Crippen LogP contribution in [0.4, 0.5) is 5.69 Å². The van der Waals surface area contributed by atoms with E-state index >= 15 is 0 Å². The minimum atomic E-state index is -4.22. The van der Waals surface area contributed by atoms with Crippen molar-refractivity contribution in [2.24, 2.45) is 11.8 Å². The fourth-order valence-electron chi connectivity index (χ4n) is 7.99. The summed E-state index contributed by atoms with van der Waals surface area (Å²) < 4.78 is 12.3. The third-order valence-corrected chi connectivity index (χ3v) is 12.3. The van der Waals surface area contributed by atoms with Crippen LogP contribution in [0.1, 0.15) is 65.7 Å². The van der Waals surface area contributed by atoms with Crippen LogP contribution in [0.5, 0.6) is 0 Å². The summed E-state index contributed by atoms with van der Waals surface area (Å²) in [5.41, 5.74) is 2.28. The molecule has 4 aliphatic rings. The second-order valence-electron chi connectivity index (χ2n) is 14.1. The fraction of sp³-hybridized carbons (Fsp3) is 0.515. The Morgan fingerprint density at radius 1 is 1.15 bits per heavy atom. The first-order valence-corrected chi connectivity index (χ1v) is 18.5. The van der Waals surface area contributed by atoms with E-state index in [0.717, 1.165) is 40.6 Å². The van der Waals surface area contributed by atoms with Crippen LogP contribution in [0.15, 0.2) is 42.7 Å². The molecule has 0 radical (unpaired) electrons. The average Bonchev–Trinajstić information content (AvgIpc) is 3.36. The molecule has 5 atom stereocenters. The summed E-state index contributed by atoms with van der Waals surface area (Å²) in [6.07, 6.45) is 7.13. The number of aromatic nitrogens is 1. The lowest BCUT2D eigenvalue weighted by atomic mass is 9.88. The molecular weight excluding hydrogens is 625 g/mol. The third kappa shape index (κ3) is 5.85. The van der Waals surface area contributed by atoms with Gasteiger partial charge in [0, 0.05) is 67.0 Å². The number of hydrogen-bond acceptors (Lipinski definition) is 7. The molecule has 4 fully saturated rings. The van der Waals surface area contributed by atoms with Crippen LogP contribution < -0.4 is 10.2 Å². The van der Waals surface area contributed by atoms with Gasteiger partial charge in [-0.25, -0.2) is 0 Å². The normalized spacial score (nSPS) is 27.8. The maximum atomic E-state index is 14.4. The molecule has 13 heteroatoms. The van der Waals surface area contributed by atoms with E-state index in [4.69, 9.17) is 0 Å². The number of carbonyl (C=O) groups excluding carboxylic acids is 3. The van der Waals surface area contributed by atoms with Gasteiger partial charge in [0.1, 0.15) is 12.1 Å². The van der Waals surface area contributed by atoms with E-state index in [2.05, 4.69) is 22.1 Å². The number of nitrogens with one attached hydrogen (secondary N) is 1. The largest absolute Gasteiger partial charge is 0.377 e. The van der Waals surface area contributed by atoms with E-state index in [0.29, 0.717) is 48.2 Å². The number of amides is 3. The van der Waals surface area contributed by atoms with Gasteiger partial charge < -0.3 is 29.8 Å². The summed E-state index contributed by atoms with van der Waals surface area (Å²) in [5, 5.41) is 3.76. The Morgan fingerprint density at radius 2 is 1.93 bits per heavy atom. The Morgan fingerprint density at radius 3 is 2.67 bits per heavy atom. The Bertz CT molecular complexity index is 1770. The Kier molecular flexibility index (Phi) is 7.78. The number of carbonyl (C=O) groups is 3. The second-order valence-corrected chi connectivity index (χ2v) is 16.8. The van der Waals surface area contributed by atoms with E-state index in [1.807, 2.05) is 36.2 Å². The molecule has 1 saturated carbocycles. The van der Waals surface area contributed by atoms with Gasteiger partial charge in [0.15, 0.2) is 0 Å². The molecule has 0 spiro atoms. The Balaban J connectivity index is 1.08. The molecule has 3 N–H and O–H groups in total. The van der Waals surface area contributed by atoms with Crippen molar-refractivity contribution in [1.29, 1.82) is 0 Å². The first-order valence-electron chi connectivity index (χ1n) is 15.9. The molecule has 3 amide bonds. The van der Waals surface area contributed by atoms with E-state index < -0.39 is 25.2 Å². The topological polar surface area (TPSA) is 143 Å². The number of benzene rings is 1. The van der Waals surface area contributed by atoms with Gasteiger partial charge in [0.25, 0.3) is 5.91 Å². The maximum Gasteiger partial charge on any atom is 0.329 e. The zero-order valence-corrected chi connectivity index (χ0v) is 28.0. The quantitative estimate of drug-likeness (QED) is 0.322. The van der Waals surface area contributed by atoms with Gasteiger partial charge in [-0.2, -0.15) is 0 Å². The van der Waals surface area contributed by atoms with E-state index in [1.165, 1.54) is 11.3 Å². The summed E-state index contributed by atoms with van der Waals surface area (Å²) in [5.74, 6) is 0.505. The molecule has 5 heterocycles. The summed E-state index contributed by atoms with van der Waals surface area (Å²) in [7, 11) is -0.224. The molecular formula is C33H40N5O6PS. The zero-order chi connectivity index (χ0) is 32.5. The number of thiophene rings is 1. The lowest BCUT2D eigenvalue weighted by Gasteiger charge is -2.46. The molecule has 0 bridgehead atoms. The second kappa shape index (κ2) is 11.4. The number of fused-ring (bicyclic) bond motifs is 3. The van der Waals surface area contributed by atoms with Crippen molar-refractivity contribution in [3.05, 3.63) is 58.7 Å². The monoisotopic (exact) mass is 665 g/mol. The van der Waals surface area contributed by atoms with Gasteiger partial charge in [0.05, 0.1) is 11.0 Å².